The van der Waals surface area contributed by atoms with Gasteiger partial charge in [0.05, 0.1) is 5.52 Å². The molecule has 0 N–H and O–H groups in total. The Labute approximate surface area is 117 Å². The van der Waals surface area contributed by atoms with Crippen LogP contribution in [-0.2, 0) is 0 Å². The predicted octanol–water partition coefficient (Wildman–Crippen LogP) is 2.73. The number of carbonyl (C=O) groups excluding carboxylic acids is 1. The highest BCUT2D eigenvalue weighted by molar-refractivity contribution is 5.98. The Morgan fingerprint density at radius 2 is 2.00 bits per heavy atom. The number of aromatic nitrogens is 2. The van der Waals surface area contributed by atoms with Crippen molar-refractivity contribution in [3.63, 3.8) is 0 Å². The number of hydrogen-bond acceptors (Lipinski definition) is 2. The van der Waals surface area contributed by atoms with Crippen molar-refractivity contribution < 1.29 is 4.79 Å². The number of pyridine rings is 1. The monoisotopic (exact) mass is 265 g/mol. The van der Waals surface area contributed by atoms with Gasteiger partial charge in [-0.15, -0.1) is 0 Å². The van der Waals surface area contributed by atoms with Crippen molar-refractivity contribution in [2.45, 2.75) is 0 Å². The minimum absolute atomic E-state index is 0.0116. The minimum atomic E-state index is 0.0116. The average molecular weight is 265 g/mol. The lowest BCUT2D eigenvalue weighted by molar-refractivity contribution is 0.0828. The highest BCUT2D eigenvalue weighted by Gasteiger charge is 2.10. The molecule has 0 aliphatic carbocycles. The van der Waals surface area contributed by atoms with Gasteiger partial charge in [-0.25, -0.2) is 4.98 Å². The zero-order valence-electron chi connectivity index (χ0n) is 11.4. The molecule has 0 aliphatic heterocycles. The highest BCUT2D eigenvalue weighted by atomic mass is 16.2. The SMILES string of the molecule is CN(C)C(=O)c1ccc2c(ccn2-c2ccccn2)c1. The van der Waals surface area contributed by atoms with Crippen molar-refractivity contribution in [1.82, 2.24) is 14.5 Å². The van der Waals surface area contributed by atoms with Crippen LogP contribution in [0.15, 0.2) is 54.9 Å². The fraction of sp³-hybridized carbons (Fsp3) is 0.125. The van der Waals surface area contributed by atoms with E-state index in [0.29, 0.717) is 5.56 Å². The second-order valence-electron chi connectivity index (χ2n) is 4.85. The quantitative estimate of drug-likeness (QED) is 0.714. The summed E-state index contributed by atoms with van der Waals surface area (Å²) in [7, 11) is 3.51. The molecule has 0 spiro atoms. The zero-order valence-corrected chi connectivity index (χ0v) is 11.4. The third-order valence-corrected chi connectivity index (χ3v) is 3.24. The van der Waals surface area contributed by atoms with Gasteiger partial charge in [0, 0.05) is 37.4 Å². The number of rotatable bonds is 2. The molecular formula is C16H15N3O. The Hall–Kier alpha value is -2.62. The predicted molar refractivity (Wildman–Crippen MR) is 79.1 cm³/mol. The third-order valence-electron chi connectivity index (χ3n) is 3.24. The first-order chi connectivity index (χ1) is 9.66. The number of amides is 1. The van der Waals surface area contributed by atoms with E-state index in [1.807, 2.05) is 53.2 Å². The summed E-state index contributed by atoms with van der Waals surface area (Å²) < 4.78 is 2.01. The Balaban J connectivity index is 2.10. The number of fused-ring (bicyclic) bond motifs is 1. The molecule has 1 amide bonds. The van der Waals surface area contributed by atoms with Gasteiger partial charge in [-0.1, -0.05) is 6.07 Å². The lowest BCUT2D eigenvalue weighted by atomic mass is 10.1. The smallest absolute Gasteiger partial charge is 0.253 e. The first kappa shape index (κ1) is 12.4. The second kappa shape index (κ2) is 4.81. The molecule has 0 atom stereocenters. The minimum Gasteiger partial charge on any atom is -0.345 e. The van der Waals surface area contributed by atoms with E-state index in [4.69, 9.17) is 0 Å². The van der Waals surface area contributed by atoms with E-state index in [0.717, 1.165) is 16.7 Å². The third kappa shape index (κ3) is 2.05. The molecule has 3 rings (SSSR count). The summed E-state index contributed by atoms with van der Waals surface area (Å²) in [6, 6.07) is 13.5. The van der Waals surface area contributed by atoms with E-state index in [-0.39, 0.29) is 5.91 Å². The molecule has 4 nitrogen and oxygen atoms in total. The Morgan fingerprint density at radius 1 is 1.15 bits per heavy atom. The van der Waals surface area contributed by atoms with E-state index < -0.39 is 0 Å². The molecule has 2 heterocycles. The summed E-state index contributed by atoms with van der Waals surface area (Å²) in [6.45, 7) is 0. The molecule has 20 heavy (non-hydrogen) atoms. The van der Waals surface area contributed by atoms with E-state index in [1.165, 1.54) is 0 Å². The van der Waals surface area contributed by atoms with Crippen molar-refractivity contribution in [3.05, 3.63) is 60.4 Å². The van der Waals surface area contributed by atoms with Crippen LogP contribution < -0.4 is 0 Å². The van der Waals surface area contributed by atoms with Gasteiger partial charge in [-0.2, -0.15) is 0 Å². The topological polar surface area (TPSA) is 38.1 Å². The maximum atomic E-state index is 12.0. The molecule has 0 unspecified atom stereocenters. The van der Waals surface area contributed by atoms with Crippen molar-refractivity contribution >= 4 is 16.8 Å². The van der Waals surface area contributed by atoms with E-state index in [2.05, 4.69) is 4.98 Å². The molecule has 0 aliphatic rings. The van der Waals surface area contributed by atoms with Gasteiger partial charge in [0.25, 0.3) is 5.91 Å². The highest BCUT2D eigenvalue weighted by Crippen LogP contribution is 2.21. The van der Waals surface area contributed by atoms with Gasteiger partial charge >= 0.3 is 0 Å². The average Bonchev–Trinajstić information content (AvgIpc) is 2.90. The maximum absolute atomic E-state index is 12.0. The van der Waals surface area contributed by atoms with E-state index >= 15 is 0 Å². The van der Waals surface area contributed by atoms with Crippen LogP contribution in [0.3, 0.4) is 0 Å². The van der Waals surface area contributed by atoms with E-state index in [9.17, 15) is 4.79 Å². The lowest BCUT2D eigenvalue weighted by Crippen LogP contribution is -2.21. The fourth-order valence-electron chi connectivity index (χ4n) is 2.23. The zero-order chi connectivity index (χ0) is 14.1. The van der Waals surface area contributed by atoms with E-state index in [1.54, 1.807) is 25.2 Å². The van der Waals surface area contributed by atoms with Gasteiger partial charge < -0.3 is 9.47 Å². The van der Waals surface area contributed by atoms with Crippen LogP contribution in [0, 0.1) is 0 Å². The first-order valence-corrected chi connectivity index (χ1v) is 6.41. The van der Waals surface area contributed by atoms with Crippen LogP contribution in [0.4, 0.5) is 0 Å². The summed E-state index contributed by atoms with van der Waals surface area (Å²) in [6.07, 6.45) is 3.74. The molecular weight excluding hydrogens is 250 g/mol. The maximum Gasteiger partial charge on any atom is 0.253 e. The molecule has 0 radical (unpaired) electrons. The van der Waals surface area contributed by atoms with Gasteiger partial charge in [0.2, 0.25) is 0 Å². The molecule has 1 aromatic carbocycles. The molecule has 3 aromatic rings. The second-order valence-corrected chi connectivity index (χ2v) is 4.85. The number of carbonyl (C=O) groups is 1. The number of nitrogens with zero attached hydrogens (tertiary/aromatic N) is 3. The number of benzene rings is 1. The summed E-state index contributed by atoms with van der Waals surface area (Å²) in [4.78, 5) is 17.9. The summed E-state index contributed by atoms with van der Waals surface area (Å²) >= 11 is 0. The Morgan fingerprint density at radius 3 is 2.70 bits per heavy atom. The van der Waals surface area contributed by atoms with Crippen LogP contribution in [0.25, 0.3) is 16.7 Å². The largest absolute Gasteiger partial charge is 0.345 e. The summed E-state index contributed by atoms with van der Waals surface area (Å²) in [5, 5.41) is 1.03. The fourth-order valence-corrected chi connectivity index (χ4v) is 2.23. The Kier molecular flexibility index (Phi) is 2.99. The molecule has 0 saturated carbocycles. The standard InChI is InChI=1S/C16H15N3O/c1-18(2)16(20)13-6-7-14-12(11-13)8-10-19(14)15-5-3-4-9-17-15/h3-11H,1-2H3. The van der Waals surface area contributed by atoms with Gasteiger partial charge in [-0.3, -0.25) is 4.79 Å². The molecule has 0 bridgehead atoms. The molecule has 2 aromatic heterocycles. The van der Waals surface area contributed by atoms with Crippen molar-refractivity contribution in [3.8, 4) is 5.82 Å². The molecule has 100 valence electrons. The first-order valence-electron chi connectivity index (χ1n) is 6.41. The van der Waals surface area contributed by atoms with Gasteiger partial charge in [-0.05, 0) is 36.4 Å². The van der Waals surface area contributed by atoms with Crippen LogP contribution in [0.5, 0.6) is 0 Å². The normalized spacial score (nSPS) is 10.7. The van der Waals surface area contributed by atoms with Crippen LogP contribution in [0.1, 0.15) is 10.4 Å². The van der Waals surface area contributed by atoms with Crippen LogP contribution in [-0.4, -0.2) is 34.5 Å². The van der Waals surface area contributed by atoms with Crippen LogP contribution in [0.2, 0.25) is 0 Å². The van der Waals surface area contributed by atoms with Crippen molar-refractivity contribution in [2.24, 2.45) is 0 Å². The molecule has 0 saturated heterocycles. The van der Waals surface area contributed by atoms with Gasteiger partial charge in [0.1, 0.15) is 5.82 Å². The number of hydrogen-bond donors (Lipinski definition) is 0. The Bertz CT molecular complexity index is 760. The van der Waals surface area contributed by atoms with Gasteiger partial charge in [0.15, 0.2) is 0 Å². The summed E-state index contributed by atoms with van der Waals surface area (Å²) in [5.74, 6) is 0.881. The van der Waals surface area contributed by atoms with Crippen LogP contribution >= 0.6 is 0 Å². The molecule has 4 heteroatoms. The molecule has 0 fully saturated rings. The summed E-state index contributed by atoms with van der Waals surface area (Å²) in [5.41, 5.74) is 1.74. The lowest BCUT2D eigenvalue weighted by Gasteiger charge is -2.10. The van der Waals surface area contributed by atoms with Crippen molar-refractivity contribution in [1.29, 1.82) is 0 Å². The van der Waals surface area contributed by atoms with Crippen molar-refractivity contribution in [2.75, 3.05) is 14.1 Å².